The van der Waals surface area contributed by atoms with Crippen LogP contribution in [0.15, 0.2) is 196 Å². The smallest absolute Gasteiger partial charge is 0.277 e. The van der Waals surface area contributed by atoms with Gasteiger partial charge in [-0.05, 0) is 135 Å². The van der Waals surface area contributed by atoms with Crippen LogP contribution in [-0.4, -0.2) is 124 Å². The molecule has 10 rings (SSSR count). The number of para-hydroxylation sites is 1. The number of carbonyl (C=O) groups excluding carboxylic acids is 1. The molecule has 1 fully saturated rings. The summed E-state index contributed by atoms with van der Waals surface area (Å²) >= 11 is 8.13. The number of carbonyl (C=O) groups is 1. The summed E-state index contributed by atoms with van der Waals surface area (Å²) in [4.78, 5) is 28.5. The average Bonchev–Trinajstić information content (AvgIpc) is 3.45. The number of aromatic nitrogens is 1. The van der Waals surface area contributed by atoms with Crippen LogP contribution in [0.25, 0.3) is 16.9 Å². The second-order valence-electron chi connectivity index (χ2n) is 18.8. The van der Waals surface area contributed by atoms with Crippen molar-refractivity contribution in [3.63, 3.8) is 0 Å². The number of benzene rings is 6. The van der Waals surface area contributed by atoms with E-state index in [0.29, 0.717) is 6.61 Å². The third kappa shape index (κ3) is 13.7. The zero-order valence-corrected chi connectivity index (χ0v) is 46.2. The van der Waals surface area contributed by atoms with Crippen molar-refractivity contribution < 1.29 is 23.1 Å². The van der Waals surface area contributed by atoms with Crippen LogP contribution in [-0.2, 0) is 14.8 Å². The van der Waals surface area contributed by atoms with Gasteiger partial charge in [0.05, 0.1) is 16.3 Å². The summed E-state index contributed by atoms with van der Waals surface area (Å²) < 4.78 is 31.6. The maximum absolute atomic E-state index is 12.5. The van der Waals surface area contributed by atoms with E-state index in [2.05, 4.69) is 179 Å². The van der Waals surface area contributed by atoms with Gasteiger partial charge < -0.3 is 34.8 Å². The summed E-state index contributed by atoms with van der Waals surface area (Å²) in [5.74, 6) is 0.00589. The number of anilines is 3. The number of aliphatic hydroxyl groups excluding tert-OH is 1. The molecule has 3 aliphatic heterocycles. The Hall–Kier alpha value is -6.91. The number of halogens is 1. The van der Waals surface area contributed by atoms with Crippen molar-refractivity contribution in [1.29, 1.82) is 0 Å². The lowest BCUT2D eigenvalue weighted by Crippen LogP contribution is -2.45. The van der Waals surface area contributed by atoms with Crippen LogP contribution in [0.5, 0.6) is 5.75 Å². The van der Waals surface area contributed by atoms with Gasteiger partial charge in [0.15, 0.2) is 11.5 Å². The maximum atomic E-state index is 12.5. The Morgan fingerprint density at radius 1 is 0.737 bits per heavy atom. The monoisotopic (exact) mass is 1080 g/mol. The van der Waals surface area contributed by atoms with Crippen molar-refractivity contribution in [2.24, 2.45) is 0 Å². The van der Waals surface area contributed by atoms with Crippen molar-refractivity contribution in [2.45, 2.75) is 34.5 Å². The molecule has 6 aromatic carbocycles. The second kappa shape index (κ2) is 26.2. The minimum absolute atomic E-state index is 0.0469. The number of allylic oxidation sites excluding steroid dienone is 1. The lowest BCUT2D eigenvalue weighted by Gasteiger charge is -2.35. The van der Waals surface area contributed by atoms with Crippen molar-refractivity contribution in [3.8, 4) is 5.75 Å². The molecule has 394 valence electrons. The first-order chi connectivity index (χ1) is 36.8. The first-order valence-corrected chi connectivity index (χ1v) is 28.2. The molecule has 7 aromatic rings. The molecule has 0 atom stereocenters. The van der Waals surface area contributed by atoms with Crippen LogP contribution in [0.3, 0.4) is 0 Å². The van der Waals surface area contributed by atoms with E-state index < -0.39 is 21.7 Å². The van der Waals surface area contributed by atoms with Crippen LogP contribution < -0.4 is 15.0 Å². The van der Waals surface area contributed by atoms with E-state index in [0.717, 1.165) is 47.6 Å². The molecular formula is C61H66ClN7O5S2. The Morgan fingerprint density at radius 3 is 2.05 bits per heavy atom. The Bertz CT molecular complexity index is 3230. The SMILES string of the molecule is CC/C(=C(\c1ccccc1)c1ccc(OCCN(C)C)cc1)c1ccccc1.CN1C(C(=O)Nc2ccccn2)=C(O)c2ccccc2S1(=O)=O.CN1CCN(CCCN2c3ccccc3Sc3ccc(Cl)cc32)CC1. The predicted octanol–water partition coefficient (Wildman–Crippen LogP) is 12.2. The molecule has 0 radical (unpaired) electrons. The zero-order valence-electron chi connectivity index (χ0n) is 43.8. The van der Waals surface area contributed by atoms with E-state index in [-0.39, 0.29) is 22.0 Å². The number of aliphatic hydroxyl groups is 1. The number of amides is 1. The van der Waals surface area contributed by atoms with Crippen LogP contribution in [0.1, 0.15) is 42.0 Å². The molecule has 12 nitrogen and oxygen atoms in total. The Labute approximate surface area is 458 Å². The van der Waals surface area contributed by atoms with Crippen LogP contribution in [0, 0.1) is 0 Å². The normalized spacial score (nSPS) is 15.2. The Morgan fingerprint density at radius 2 is 1.37 bits per heavy atom. The number of sulfonamides is 1. The lowest BCUT2D eigenvalue weighted by molar-refractivity contribution is -0.113. The summed E-state index contributed by atoms with van der Waals surface area (Å²) in [5.41, 5.74) is 8.66. The molecule has 15 heteroatoms. The van der Waals surface area contributed by atoms with Gasteiger partial charge in [-0.25, -0.2) is 13.4 Å². The third-order valence-electron chi connectivity index (χ3n) is 13.3. The van der Waals surface area contributed by atoms with E-state index in [9.17, 15) is 18.3 Å². The molecule has 1 saturated heterocycles. The second-order valence-corrected chi connectivity index (χ2v) is 22.2. The summed E-state index contributed by atoms with van der Waals surface area (Å²) in [6.07, 6.45) is 3.62. The van der Waals surface area contributed by atoms with Gasteiger partial charge in [-0.3, -0.25) is 9.10 Å². The van der Waals surface area contributed by atoms with Crippen LogP contribution in [0.2, 0.25) is 5.02 Å². The number of hydrogen-bond donors (Lipinski definition) is 2. The number of nitrogens with one attached hydrogen (secondary N) is 1. The fourth-order valence-corrected chi connectivity index (χ4v) is 11.9. The van der Waals surface area contributed by atoms with Gasteiger partial charge in [0.1, 0.15) is 18.2 Å². The van der Waals surface area contributed by atoms with Crippen molar-refractivity contribution in [3.05, 3.63) is 209 Å². The van der Waals surface area contributed by atoms with E-state index in [1.54, 1.807) is 30.3 Å². The van der Waals surface area contributed by atoms with E-state index >= 15 is 0 Å². The number of hydrogen-bond acceptors (Lipinski definition) is 11. The fourth-order valence-electron chi connectivity index (χ4n) is 9.21. The summed E-state index contributed by atoms with van der Waals surface area (Å²) in [6.45, 7) is 10.7. The van der Waals surface area contributed by atoms with Gasteiger partial charge in [0.25, 0.3) is 15.9 Å². The van der Waals surface area contributed by atoms with Gasteiger partial charge in [-0.2, -0.15) is 0 Å². The number of fused-ring (bicyclic) bond motifs is 3. The minimum Gasteiger partial charge on any atom is -0.505 e. The highest BCUT2D eigenvalue weighted by Gasteiger charge is 2.38. The lowest BCUT2D eigenvalue weighted by atomic mass is 9.88. The van der Waals surface area contributed by atoms with Crippen LogP contribution in [0.4, 0.5) is 17.2 Å². The zero-order chi connectivity index (χ0) is 53.6. The van der Waals surface area contributed by atoms with Gasteiger partial charge in [-0.15, -0.1) is 0 Å². The summed E-state index contributed by atoms with van der Waals surface area (Å²) in [5, 5.41) is 13.6. The Kier molecular flexibility index (Phi) is 19.1. The van der Waals surface area contributed by atoms with Gasteiger partial charge in [-0.1, -0.05) is 133 Å². The molecule has 0 saturated carbocycles. The molecule has 2 N–H and O–H groups in total. The summed E-state index contributed by atoms with van der Waals surface area (Å²) in [7, 11) is 3.63. The van der Waals surface area contributed by atoms with Crippen LogP contribution >= 0.6 is 23.4 Å². The average molecular weight is 1080 g/mol. The minimum atomic E-state index is -3.91. The quantitative estimate of drug-likeness (QED) is 0.101. The van der Waals surface area contributed by atoms with Gasteiger partial charge >= 0.3 is 0 Å². The predicted molar refractivity (Wildman–Crippen MR) is 311 cm³/mol. The highest BCUT2D eigenvalue weighted by Crippen LogP contribution is 2.49. The third-order valence-corrected chi connectivity index (χ3v) is 16.5. The number of ether oxygens (including phenoxy) is 1. The molecule has 0 spiro atoms. The molecule has 0 unspecified atom stereocenters. The number of nitrogens with zero attached hydrogens (tertiary/aromatic N) is 6. The molecule has 1 aromatic heterocycles. The maximum Gasteiger partial charge on any atom is 0.277 e. The first kappa shape index (κ1) is 55.3. The standard InChI is InChI=1S/C26H29NO.C20H24ClN3S.C15H13N3O4S/c1-4-25(21-11-7-5-8-12-21)26(22-13-9-6-10-14-22)23-15-17-24(18-16-23)28-20-19-27(2)3;1-22-11-13-23(14-12-22)9-4-10-24-17-5-2-3-6-19(17)25-20-8-7-16(21)15-18(20)24;1-18-13(15(20)17-12-8-4-5-9-16-12)14(19)10-6-2-3-7-11(10)23(18,21)22/h5-18H,4,19-20H2,1-3H3;2-3,5-8,15H,4,9-14H2,1H3;2-9,19H,1H3,(H,16,17,20)/b26-25-;;. The molecule has 1 amide bonds. The number of rotatable bonds is 14. The van der Waals surface area contributed by atoms with E-state index in [1.165, 1.54) is 101 Å². The summed E-state index contributed by atoms with van der Waals surface area (Å²) in [6, 6.07) is 55.6. The number of likely N-dealkylation sites (N-methyl/N-ethyl adjacent to an activating group) is 3. The van der Waals surface area contributed by atoms with E-state index in [4.69, 9.17) is 16.3 Å². The highest BCUT2D eigenvalue weighted by atomic mass is 35.5. The number of pyridine rings is 1. The molecule has 3 aliphatic rings. The van der Waals surface area contributed by atoms with E-state index in [1.807, 2.05) is 17.8 Å². The van der Waals surface area contributed by atoms with Gasteiger partial charge in [0.2, 0.25) is 0 Å². The fraction of sp³-hybridized carbons (Fsp3) is 0.246. The van der Waals surface area contributed by atoms with Crippen molar-refractivity contribution in [2.75, 3.05) is 90.8 Å². The highest BCUT2D eigenvalue weighted by molar-refractivity contribution is 7.99. The topological polar surface area (TPSA) is 122 Å². The van der Waals surface area contributed by atoms with Crippen molar-refractivity contribution >= 4 is 73.4 Å². The largest absolute Gasteiger partial charge is 0.505 e. The van der Waals surface area contributed by atoms with Gasteiger partial charge in [0, 0.05) is 72.9 Å². The number of piperazine rings is 1. The first-order valence-electron chi connectivity index (χ1n) is 25.5. The molecule has 76 heavy (non-hydrogen) atoms. The molecule has 0 aliphatic carbocycles. The Balaban J connectivity index is 0.000000152. The molecular weight excluding hydrogens is 1010 g/mol. The molecule has 4 heterocycles. The van der Waals surface area contributed by atoms with Crippen molar-refractivity contribution in [1.82, 2.24) is 24.0 Å². The molecule has 0 bridgehead atoms.